The first-order valence-corrected chi connectivity index (χ1v) is 7.18. The molecule has 1 fully saturated rings. The SMILES string of the molecule is C=CCCC(C)NC1CCCN(c2ncccn2)C1. The van der Waals surface area contributed by atoms with Crippen LogP contribution in [0.15, 0.2) is 31.1 Å². The van der Waals surface area contributed by atoms with Gasteiger partial charge in [-0.2, -0.15) is 0 Å². The summed E-state index contributed by atoms with van der Waals surface area (Å²) in [4.78, 5) is 11.0. The number of piperidine rings is 1. The number of aromatic nitrogens is 2. The Morgan fingerprint density at radius 3 is 3.05 bits per heavy atom. The Labute approximate surface area is 115 Å². The first-order valence-electron chi connectivity index (χ1n) is 7.18. The van der Waals surface area contributed by atoms with Crippen molar-refractivity contribution in [1.29, 1.82) is 0 Å². The molecule has 104 valence electrons. The molecule has 1 N–H and O–H groups in total. The van der Waals surface area contributed by atoms with Gasteiger partial charge in [-0.05, 0) is 38.7 Å². The third-order valence-electron chi connectivity index (χ3n) is 3.58. The summed E-state index contributed by atoms with van der Waals surface area (Å²) >= 11 is 0. The van der Waals surface area contributed by atoms with E-state index in [2.05, 4.69) is 33.7 Å². The molecule has 4 nitrogen and oxygen atoms in total. The van der Waals surface area contributed by atoms with E-state index in [1.807, 2.05) is 24.5 Å². The molecule has 2 unspecified atom stereocenters. The summed E-state index contributed by atoms with van der Waals surface area (Å²) in [6.45, 7) is 8.09. The minimum Gasteiger partial charge on any atom is -0.339 e. The number of nitrogens with one attached hydrogen (secondary N) is 1. The second-order valence-electron chi connectivity index (χ2n) is 5.27. The van der Waals surface area contributed by atoms with Gasteiger partial charge in [0, 0.05) is 37.6 Å². The van der Waals surface area contributed by atoms with E-state index in [9.17, 15) is 0 Å². The van der Waals surface area contributed by atoms with Crippen molar-refractivity contribution < 1.29 is 0 Å². The fraction of sp³-hybridized carbons (Fsp3) is 0.600. The third kappa shape index (κ3) is 4.31. The molecule has 0 saturated carbocycles. The number of anilines is 1. The van der Waals surface area contributed by atoms with Crippen LogP contribution >= 0.6 is 0 Å². The zero-order valence-corrected chi connectivity index (χ0v) is 11.8. The zero-order valence-electron chi connectivity index (χ0n) is 11.8. The summed E-state index contributed by atoms with van der Waals surface area (Å²) in [5, 5.41) is 3.71. The number of nitrogens with zero attached hydrogens (tertiary/aromatic N) is 3. The molecule has 0 aliphatic carbocycles. The van der Waals surface area contributed by atoms with Gasteiger partial charge in [0.05, 0.1) is 0 Å². The highest BCUT2D eigenvalue weighted by Crippen LogP contribution is 2.16. The number of allylic oxidation sites excluding steroid dienone is 1. The Kier molecular flexibility index (Phi) is 5.33. The molecule has 19 heavy (non-hydrogen) atoms. The normalized spacial score (nSPS) is 21.1. The molecule has 2 rings (SSSR count). The Balaban J connectivity index is 1.85. The fourth-order valence-electron chi connectivity index (χ4n) is 2.60. The minimum absolute atomic E-state index is 0.539. The Hall–Kier alpha value is -1.42. The van der Waals surface area contributed by atoms with E-state index in [0.717, 1.165) is 31.9 Å². The topological polar surface area (TPSA) is 41.0 Å². The van der Waals surface area contributed by atoms with Gasteiger partial charge in [-0.3, -0.25) is 0 Å². The van der Waals surface area contributed by atoms with Crippen LogP contribution < -0.4 is 10.2 Å². The van der Waals surface area contributed by atoms with Crippen LogP contribution in [0.25, 0.3) is 0 Å². The van der Waals surface area contributed by atoms with E-state index in [-0.39, 0.29) is 0 Å². The average molecular weight is 260 g/mol. The van der Waals surface area contributed by atoms with Gasteiger partial charge in [-0.25, -0.2) is 9.97 Å². The Morgan fingerprint density at radius 1 is 1.53 bits per heavy atom. The van der Waals surface area contributed by atoms with Gasteiger partial charge < -0.3 is 10.2 Å². The lowest BCUT2D eigenvalue weighted by molar-refractivity contribution is 0.372. The standard InChI is InChI=1S/C15H24N4/c1-3-4-7-13(2)18-14-8-5-11-19(12-14)15-16-9-6-10-17-15/h3,6,9-10,13-14,18H,1,4-5,7-8,11-12H2,2H3. The van der Waals surface area contributed by atoms with Crippen molar-refractivity contribution in [2.45, 2.75) is 44.7 Å². The Bertz CT molecular complexity index is 379. The van der Waals surface area contributed by atoms with Gasteiger partial charge in [0.15, 0.2) is 0 Å². The molecule has 2 atom stereocenters. The van der Waals surface area contributed by atoms with Gasteiger partial charge in [0.2, 0.25) is 5.95 Å². The highest BCUT2D eigenvalue weighted by molar-refractivity contribution is 5.29. The molecule has 1 saturated heterocycles. The van der Waals surface area contributed by atoms with Crippen LogP contribution in [-0.4, -0.2) is 35.1 Å². The summed E-state index contributed by atoms with van der Waals surface area (Å²) in [6.07, 6.45) is 10.3. The quantitative estimate of drug-likeness (QED) is 0.797. The maximum atomic E-state index is 4.34. The Morgan fingerprint density at radius 2 is 2.32 bits per heavy atom. The highest BCUT2D eigenvalue weighted by atomic mass is 15.3. The maximum Gasteiger partial charge on any atom is 0.225 e. The molecule has 0 radical (unpaired) electrons. The molecule has 2 heterocycles. The van der Waals surface area contributed by atoms with Gasteiger partial charge in [0.1, 0.15) is 0 Å². The number of rotatable bonds is 6. The second kappa shape index (κ2) is 7.24. The largest absolute Gasteiger partial charge is 0.339 e. The van der Waals surface area contributed by atoms with Crippen molar-refractivity contribution >= 4 is 5.95 Å². The van der Waals surface area contributed by atoms with Crippen LogP contribution in [0.3, 0.4) is 0 Å². The van der Waals surface area contributed by atoms with E-state index < -0.39 is 0 Å². The predicted molar refractivity (Wildman–Crippen MR) is 79.3 cm³/mol. The number of hydrogen-bond donors (Lipinski definition) is 1. The highest BCUT2D eigenvalue weighted by Gasteiger charge is 2.22. The first-order chi connectivity index (χ1) is 9.29. The van der Waals surface area contributed by atoms with E-state index >= 15 is 0 Å². The molecular formula is C15H24N4. The van der Waals surface area contributed by atoms with Crippen molar-refractivity contribution in [3.05, 3.63) is 31.1 Å². The monoisotopic (exact) mass is 260 g/mol. The summed E-state index contributed by atoms with van der Waals surface area (Å²) in [6, 6.07) is 2.94. The minimum atomic E-state index is 0.539. The van der Waals surface area contributed by atoms with Gasteiger partial charge in [-0.15, -0.1) is 6.58 Å². The third-order valence-corrected chi connectivity index (χ3v) is 3.58. The zero-order chi connectivity index (χ0) is 13.5. The smallest absolute Gasteiger partial charge is 0.225 e. The maximum absolute atomic E-state index is 4.34. The molecule has 0 amide bonds. The van der Waals surface area contributed by atoms with Crippen LogP contribution in [0, 0.1) is 0 Å². The van der Waals surface area contributed by atoms with Crippen LogP contribution in [0.5, 0.6) is 0 Å². The molecular weight excluding hydrogens is 236 g/mol. The summed E-state index contributed by atoms with van der Waals surface area (Å²) in [5.74, 6) is 0.854. The van der Waals surface area contributed by atoms with Crippen LogP contribution in [-0.2, 0) is 0 Å². The van der Waals surface area contributed by atoms with Crippen molar-refractivity contribution in [2.24, 2.45) is 0 Å². The van der Waals surface area contributed by atoms with Crippen molar-refractivity contribution in [3.8, 4) is 0 Å². The molecule has 0 bridgehead atoms. The van der Waals surface area contributed by atoms with E-state index in [0.29, 0.717) is 12.1 Å². The molecule has 1 aliphatic heterocycles. The molecule has 1 aliphatic rings. The number of hydrogen-bond acceptors (Lipinski definition) is 4. The van der Waals surface area contributed by atoms with Crippen molar-refractivity contribution in [3.63, 3.8) is 0 Å². The van der Waals surface area contributed by atoms with Crippen molar-refractivity contribution in [2.75, 3.05) is 18.0 Å². The van der Waals surface area contributed by atoms with Gasteiger partial charge >= 0.3 is 0 Å². The second-order valence-corrected chi connectivity index (χ2v) is 5.27. The van der Waals surface area contributed by atoms with Gasteiger partial charge in [0.25, 0.3) is 0 Å². The predicted octanol–water partition coefficient (Wildman–Crippen LogP) is 2.39. The lowest BCUT2D eigenvalue weighted by Crippen LogP contribution is -2.49. The summed E-state index contributed by atoms with van der Waals surface area (Å²) < 4.78 is 0. The van der Waals surface area contributed by atoms with Crippen molar-refractivity contribution in [1.82, 2.24) is 15.3 Å². The summed E-state index contributed by atoms with van der Waals surface area (Å²) in [5.41, 5.74) is 0. The molecule has 0 spiro atoms. The van der Waals surface area contributed by atoms with Crippen LogP contribution in [0.1, 0.15) is 32.6 Å². The van der Waals surface area contributed by atoms with Crippen LogP contribution in [0.4, 0.5) is 5.95 Å². The average Bonchev–Trinajstić information content (AvgIpc) is 2.46. The van der Waals surface area contributed by atoms with Crippen LogP contribution in [0.2, 0.25) is 0 Å². The molecule has 4 heteroatoms. The summed E-state index contributed by atoms with van der Waals surface area (Å²) in [7, 11) is 0. The van der Waals surface area contributed by atoms with E-state index in [1.54, 1.807) is 0 Å². The molecule has 1 aromatic heterocycles. The molecule has 0 aromatic carbocycles. The first kappa shape index (κ1) is 14.0. The fourth-order valence-corrected chi connectivity index (χ4v) is 2.60. The lowest BCUT2D eigenvalue weighted by Gasteiger charge is -2.34. The molecule has 1 aromatic rings. The van der Waals surface area contributed by atoms with Gasteiger partial charge in [-0.1, -0.05) is 6.08 Å². The van der Waals surface area contributed by atoms with E-state index in [4.69, 9.17) is 0 Å². The van der Waals surface area contributed by atoms with E-state index in [1.165, 1.54) is 12.8 Å². The lowest BCUT2D eigenvalue weighted by atomic mass is 10.0.